The van der Waals surface area contributed by atoms with E-state index in [0.29, 0.717) is 42.3 Å². The molecular weight excluding hydrogens is 892 g/mol. The molecule has 3 aromatic carbocycles. The number of hydrogen-bond donors (Lipinski definition) is 4. The molecule has 0 radical (unpaired) electrons. The van der Waals surface area contributed by atoms with Crippen LogP contribution in [0.15, 0.2) is 54.6 Å². The Morgan fingerprint density at radius 2 is 1.13 bits per heavy atom. The zero-order valence-electron chi connectivity index (χ0n) is 41.8. The fourth-order valence-corrected chi connectivity index (χ4v) is 11.8. The molecule has 16 nitrogen and oxygen atoms in total. The van der Waals surface area contributed by atoms with Crippen molar-refractivity contribution >= 4 is 57.4 Å². The molecule has 4 amide bonds. The highest BCUT2D eigenvalue weighted by atomic mass is 19.1. The molecule has 9 rings (SSSR count). The second-order valence-electron chi connectivity index (χ2n) is 20.9. The number of H-pyrrole nitrogens is 2. The van der Waals surface area contributed by atoms with Gasteiger partial charge in [-0.1, -0.05) is 53.7 Å². The lowest BCUT2D eigenvalue weighted by Crippen LogP contribution is -2.51. The number of piperidine rings is 1. The van der Waals surface area contributed by atoms with Crippen molar-refractivity contribution in [3.05, 3.63) is 83.2 Å². The highest BCUT2D eigenvalue weighted by Gasteiger charge is 2.41. The van der Waals surface area contributed by atoms with Gasteiger partial charge < -0.3 is 49.7 Å². The Bertz CT molecular complexity index is 2580. The number of benzene rings is 3. The van der Waals surface area contributed by atoms with Crippen LogP contribution in [0.1, 0.15) is 133 Å². The largest absolute Gasteiger partial charge is 0.453 e. The number of aromatic amines is 2. The number of carbonyl (C=O) groups excluding carboxylic acids is 4. The van der Waals surface area contributed by atoms with E-state index in [9.17, 15) is 19.2 Å². The fraction of sp³-hybridized carbons (Fsp3) is 0.547. The van der Waals surface area contributed by atoms with Gasteiger partial charge in [-0.2, -0.15) is 0 Å². The number of methoxy groups -OCH3 is 2. The first kappa shape index (κ1) is 48.6. The molecule has 4 aliphatic rings. The topological polar surface area (TPSA) is 181 Å². The number of fused-ring (bicyclic) bond motifs is 2. The van der Waals surface area contributed by atoms with Gasteiger partial charge in [-0.15, -0.1) is 0 Å². The molecule has 4 fully saturated rings. The molecular formula is C53H69FN10O6. The van der Waals surface area contributed by atoms with Crippen molar-refractivity contribution in [2.45, 2.75) is 123 Å². The second kappa shape index (κ2) is 20.1. The molecule has 0 bridgehead atoms. The van der Waals surface area contributed by atoms with E-state index in [0.717, 1.165) is 96.9 Å². The Balaban J connectivity index is 1.03. The number of anilines is 2. The first-order chi connectivity index (χ1) is 33.6. The predicted molar refractivity (Wildman–Crippen MR) is 267 cm³/mol. The van der Waals surface area contributed by atoms with Crippen molar-refractivity contribution in [2.24, 2.45) is 23.7 Å². The smallest absolute Gasteiger partial charge is 0.407 e. The number of hydrogen-bond acceptors (Lipinski definition) is 10. The van der Waals surface area contributed by atoms with Gasteiger partial charge >= 0.3 is 12.2 Å². The lowest BCUT2D eigenvalue weighted by molar-refractivity contribution is -0.136. The van der Waals surface area contributed by atoms with Crippen LogP contribution < -0.4 is 20.4 Å². The van der Waals surface area contributed by atoms with Crippen LogP contribution in [0.2, 0.25) is 0 Å². The quantitative estimate of drug-likeness (QED) is 0.0942. The van der Waals surface area contributed by atoms with E-state index in [1.165, 1.54) is 14.2 Å². The van der Waals surface area contributed by atoms with E-state index in [1.54, 1.807) is 6.07 Å². The molecule has 374 valence electrons. The minimum absolute atomic E-state index is 0.110. The van der Waals surface area contributed by atoms with Crippen LogP contribution in [-0.2, 0) is 19.1 Å². The molecule has 5 aromatic rings. The molecule has 2 unspecified atom stereocenters. The summed E-state index contributed by atoms with van der Waals surface area (Å²) in [7, 11) is 2.58. The van der Waals surface area contributed by atoms with E-state index >= 15 is 4.39 Å². The molecule has 0 spiro atoms. The second-order valence-corrected chi connectivity index (χ2v) is 20.9. The summed E-state index contributed by atoms with van der Waals surface area (Å²) in [6, 6.07) is 16.1. The molecule has 8 atom stereocenters. The van der Waals surface area contributed by atoms with Gasteiger partial charge in [0.05, 0.1) is 66.1 Å². The fourth-order valence-electron chi connectivity index (χ4n) is 11.8. The third kappa shape index (κ3) is 9.59. The number of halogens is 1. The van der Waals surface area contributed by atoms with Crippen LogP contribution in [0.4, 0.5) is 25.4 Å². The molecule has 0 saturated carbocycles. The molecule has 4 saturated heterocycles. The lowest BCUT2D eigenvalue weighted by Gasteiger charge is -2.37. The van der Waals surface area contributed by atoms with Crippen molar-refractivity contribution in [3.63, 3.8) is 0 Å². The Labute approximate surface area is 409 Å². The van der Waals surface area contributed by atoms with E-state index in [4.69, 9.17) is 19.4 Å². The number of nitrogens with one attached hydrogen (secondary N) is 4. The summed E-state index contributed by atoms with van der Waals surface area (Å²) in [5, 5.41) is 5.47. The van der Waals surface area contributed by atoms with Crippen LogP contribution in [-0.4, -0.2) is 106 Å². The van der Waals surface area contributed by atoms with Gasteiger partial charge in [0.2, 0.25) is 11.8 Å². The summed E-state index contributed by atoms with van der Waals surface area (Å²) in [5.74, 6) is 1.50. The van der Waals surface area contributed by atoms with Gasteiger partial charge in [0.25, 0.3) is 0 Å². The van der Waals surface area contributed by atoms with Gasteiger partial charge in [-0.05, 0) is 122 Å². The standard InChI is InChI=1S/C53H69FN10O6/c1-29(2)46(59-52(67)69-7)50(65)62-21-9-11-44(62)48-55-37-16-13-33(24-39(37)57-48)41-19-20-42(64(41)35-15-18-43(36(54)26-35)61-27-31(5)23-32(6)28-61)34-14-17-38-40(25-34)58-49(56-38)45-12-10-22-63(45)51(66)47(30(3)4)60-53(68)70-8/h13-18,24-26,29-32,41-42,44-47H,9-12,19-23,27-28H2,1-8H3,(H,55,57)(H,56,58)(H,59,67)(H,60,68)/t31?,32?,41-,42-,44+,45+,46+,47+/m1/s1. The minimum atomic E-state index is -0.735. The van der Waals surface area contributed by atoms with Gasteiger partial charge in [0.1, 0.15) is 29.5 Å². The van der Waals surface area contributed by atoms with Crippen molar-refractivity contribution in [3.8, 4) is 0 Å². The highest BCUT2D eigenvalue weighted by molar-refractivity contribution is 5.88. The van der Waals surface area contributed by atoms with Crippen LogP contribution >= 0.6 is 0 Å². The Morgan fingerprint density at radius 3 is 1.56 bits per heavy atom. The third-order valence-corrected chi connectivity index (χ3v) is 15.1. The first-order valence-corrected chi connectivity index (χ1v) is 25.2. The molecule has 0 aliphatic carbocycles. The SMILES string of the molecule is COC(=O)N[C@H](C(=O)N1CCC[C@H]1c1nc2ccc([C@H]3CC[C@H](c4ccc5nc([C@@H]6CCCN6C(=O)[C@@H](NC(=O)OC)C(C)C)[nH]c5c4)N3c3ccc(N4CC(C)CC(C)C4)c(F)c3)cc2[nH]1)C(C)C. The maximum absolute atomic E-state index is 16.6. The average Bonchev–Trinajstić information content (AvgIpc) is 4.20. The number of ether oxygens (including phenoxy) is 2. The van der Waals surface area contributed by atoms with Crippen molar-refractivity contribution < 1.29 is 33.0 Å². The maximum atomic E-state index is 16.6. The number of amides is 4. The van der Waals surface area contributed by atoms with Gasteiger partial charge in [0, 0.05) is 31.9 Å². The van der Waals surface area contributed by atoms with Crippen LogP contribution in [0.3, 0.4) is 0 Å². The van der Waals surface area contributed by atoms with Crippen molar-refractivity contribution in [2.75, 3.05) is 50.2 Å². The number of nitrogens with zero attached hydrogens (tertiary/aromatic N) is 6. The van der Waals surface area contributed by atoms with E-state index in [-0.39, 0.29) is 53.6 Å². The Morgan fingerprint density at radius 1 is 0.657 bits per heavy atom. The zero-order valence-corrected chi connectivity index (χ0v) is 41.8. The van der Waals surface area contributed by atoms with Gasteiger partial charge in [0.15, 0.2) is 0 Å². The molecule has 4 aliphatic heterocycles. The normalized spacial score (nSPS) is 23.7. The molecule has 2 aromatic heterocycles. The number of rotatable bonds is 12. The van der Waals surface area contributed by atoms with Crippen LogP contribution in [0.5, 0.6) is 0 Å². The number of imidazole rings is 2. The summed E-state index contributed by atoms with van der Waals surface area (Å²) < 4.78 is 26.3. The molecule has 70 heavy (non-hydrogen) atoms. The summed E-state index contributed by atoms with van der Waals surface area (Å²) >= 11 is 0. The number of carbonyl (C=O) groups is 4. The minimum Gasteiger partial charge on any atom is -0.453 e. The molecule has 4 N–H and O–H groups in total. The summed E-state index contributed by atoms with van der Waals surface area (Å²) in [5.41, 5.74) is 6.83. The number of aromatic nitrogens is 4. The Kier molecular flexibility index (Phi) is 14.0. The summed E-state index contributed by atoms with van der Waals surface area (Å²) in [6.45, 7) is 14.8. The van der Waals surface area contributed by atoms with Crippen molar-refractivity contribution in [1.29, 1.82) is 0 Å². The van der Waals surface area contributed by atoms with Gasteiger partial charge in [-0.25, -0.2) is 23.9 Å². The van der Waals surface area contributed by atoms with Crippen LogP contribution in [0, 0.1) is 29.5 Å². The lowest BCUT2D eigenvalue weighted by atomic mass is 9.91. The summed E-state index contributed by atoms with van der Waals surface area (Å²) in [6.07, 6.45) is 4.55. The van der Waals surface area contributed by atoms with E-state index in [1.807, 2.05) is 55.7 Å². The average molecular weight is 961 g/mol. The highest BCUT2D eigenvalue weighted by Crippen LogP contribution is 2.49. The predicted octanol–water partition coefficient (Wildman–Crippen LogP) is 9.23. The number of likely N-dealkylation sites (tertiary alicyclic amines) is 2. The molecule has 17 heteroatoms. The summed E-state index contributed by atoms with van der Waals surface area (Å²) in [4.78, 5) is 77.7. The maximum Gasteiger partial charge on any atom is 0.407 e. The Hall–Kier alpha value is -6.39. The first-order valence-electron chi connectivity index (χ1n) is 25.2. The van der Waals surface area contributed by atoms with E-state index in [2.05, 4.69) is 74.6 Å². The van der Waals surface area contributed by atoms with Gasteiger partial charge in [-0.3, -0.25) is 9.59 Å². The monoisotopic (exact) mass is 961 g/mol. The zero-order chi connectivity index (χ0) is 49.5. The third-order valence-electron chi connectivity index (χ3n) is 15.1. The van der Waals surface area contributed by atoms with Crippen molar-refractivity contribution in [1.82, 2.24) is 40.4 Å². The van der Waals surface area contributed by atoms with Crippen LogP contribution in [0.25, 0.3) is 22.1 Å². The molecule has 6 heterocycles. The number of alkyl carbamates (subject to hydrolysis) is 2. The van der Waals surface area contributed by atoms with E-state index < -0.39 is 24.3 Å².